The smallest absolute Gasteiger partial charge is 0.268 e. The number of hydrogen-bond acceptors (Lipinski definition) is 2. The second kappa shape index (κ2) is 6.84. The average molecular weight is 370 g/mol. The number of rotatable bonds is 4. The minimum absolute atomic E-state index is 0.163. The Morgan fingerprint density at radius 2 is 1.81 bits per heavy atom. The summed E-state index contributed by atoms with van der Waals surface area (Å²) in [6.07, 6.45) is 0. The van der Waals surface area contributed by atoms with Crippen molar-refractivity contribution in [2.45, 2.75) is 19.9 Å². The first-order valence-electron chi connectivity index (χ1n) is 8.24. The van der Waals surface area contributed by atoms with Crippen LogP contribution in [0.25, 0.3) is 10.9 Å². The van der Waals surface area contributed by atoms with Gasteiger partial charge in [0.15, 0.2) is 0 Å². The van der Waals surface area contributed by atoms with Gasteiger partial charge in [-0.15, -0.1) is 0 Å². The van der Waals surface area contributed by atoms with Gasteiger partial charge < -0.3 is 15.6 Å². The van der Waals surface area contributed by atoms with Crippen LogP contribution in [0.15, 0.2) is 42.5 Å². The number of amides is 2. The Morgan fingerprint density at radius 3 is 2.42 bits per heavy atom. The van der Waals surface area contributed by atoms with Gasteiger partial charge >= 0.3 is 0 Å². The molecule has 3 N–H and O–H groups in total. The number of fused-ring (bicyclic) bond motifs is 1. The average Bonchev–Trinajstić information content (AvgIpc) is 2.85. The largest absolute Gasteiger partial charge is 0.366 e. The summed E-state index contributed by atoms with van der Waals surface area (Å²) in [6, 6.07) is 12.3. The van der Waals surface area contributed by atoms with Gasteiger partial charge in [-0.1, -0.05) is 29.8 Å². The zero-order valence-corrected chi connectivity index (χ0v) is 15.6. The van der Waals surface area contributed by atoms with E-state index in [2.05, 4.69) is 5.32 Å². The van der Waals surface area contributed by atoms with E-state index in [1.54, 1.807) is 24.3 Å². The summed E-state index contributed by atoms with van der Waals surface area (Å²) in [5.41, 5.74) is 9.01. The lowest BCUT2D eigenvalue weighted by Gasteiger charge is -2.15. The molecule has 0 radical (unpaired) electrons. The molecule has 0 spiro atoms. The Bertz CT molecular complexity index is 1010. The number of aryl methyl sites for hydroxylation is 2. The van der Waals surface area contributed by atoms with Crippen LogP contribution >= 0.6 is 11.6 Å². The van der Waals surface area contributed by atoms with Gasteiger partial charge in [0.1, 0.15) is 5.69 Å². The van der Waals surface area contributed by atoms with Gasteiger partial charge in [-0.05, 0) is 49.2 Å². The molecule has 3 aromatic rings. The van der Waals surface area contributed by atoms with Gasteiger partial charge in [-0.3, -0.25) is 9.59 Å². The number of carbonyl (C=O) groups is 2. The summed E-state index contributed by atoms with van der Waals surface area (Å²) in [6.45, 7) is 3.82. The Morgan fingerprint density at radius 1 is 1.15 bits per heavy atom. The molecule has 1 unspecified atom stereocenters. The number of nitrogens with zero attached hydrogens (tertiary/aromatic N) is 1. The molecule has 26 heavy (non-hydrogen) atoms. The third-order valence-electron chi connectivity index (χ3n) is 4.67. The van der Waals surface area contributed by atoms with Crippen LogP contribution < -0.4 is 11.1 Å². The minimum Gasteiger partial charge on any atom is -0.366 e. The molecule has 0 bridgehead atoms. The van der Waals surface area contributed by atoms with E-state index >= 15 is 0 Å². The lowest BCUT2D eigenvalue weighted by atomic mass is 10.1. The van der Waals surface area contributed by atoms with Crippen molar-refractivity contribution in [2.24, 2.45) is 12.8 Å². The van der Waals surface area contributed by atoms with Gasteiger partial charge in [0, 0.05) is 23.0 Å². The van der Waals surface area contributed by atoms with E-state index in [1.165, 1.54) is 0 Å². The lowest BCUT2D eigenvalue weighted by molar-refractivity contribution is 0.0930. The third-order valence-corrected chi connectivity index (χ3v) is 4.91. The van der Waals surface area contributed by atoms with E-state index in [1.807, 2.05) is 43.7 Å². The molecule has 0 aliphatic heterocycles. The first-order chi connectivity index (χ1) is 12.3. The van der Waals surface area contributed by atoms with E-state index in [9.17, 15) is 9.59 Å². The summed E-state index contributed by atoms with van der Waals surface area (Å²) in [7, 11) is 1.85. The molecule has 1 heterocycles. The second-order valence-electron chi connectivity index (χ2n) is 6.38. The van der Waals surface area contributed by atoms with E-state index in [0.29, 0.717) is 16.3 Å². The molecule has 5 nitrogen and oxygen atoms in total. The number of benzene rings is 2. The second-order valence-corrected chi connectivity index (χ2v) is 6.81. The van der Waals surface area contributed by atoms with Crippen LogP contribution in [0.5, 0.6) is 0 Å². The normalized spacial score (nSPS) is 12.2. The number of nitrogens with one attached hydrogen (secondary N) is 1. The van der Waals surface area contributed by atoms with Crippen LogP contribution in [0, 0.1) is 6.92 Å². The summed E-state index contributed by atoms with van der Waals surface area (Å²) in [5, 5.41) is 4.64. The van der Waals surface area contributed by atoms with E-state index in [4.69, 9.17) is 17.3 Å². The van der Waals surface area contributed by atoms with Crippen molar-refractivity contribution in [3.63, 3.8) is 0 Å². The number of carbonyl (C=O) groups excluding carboxylic acids is 2. The van der Waals surface area contributed by atoms with Crippen LogP contribution in [0.3, 0.4) is 0 Å². The molecule has 0 aliphatic rings. The predicted octanol–water partition coefficient (Wildman–Crippen LogP) is 3.73. The van der Waals surface area contributed by atoms with E-state index < -0.39 is 5.91 Å². The van der Waals surface area contributed by atoms with E-state index in [-0.39, 0.29) is 11.9 Å². The van der Waals surface area contributed by atoms with Crippen molar-refractivity contribution >= 4 is 34.3 Å². The molecule has 0 fully saturated rings. The quantitative estimate of drug-likeness (QED) is 0.735. The summed E-state index contributed by atoms with van der Waals surface area (Å²) >= 11 is 6.08. The van der Waals surface area contributed by atoms with Crippen molar-refractivity contribution in [3.05, 3.63) is 69.9 Å². The predicted molar refractivity (Wildman–Crippen MR) is 104 cm³/mol. The van der Waals surface area contributed by atoms with Crippen LogP contribution in [0.1, 0.15) is 44.9 Å². The van der Waals surface area contributed by atoms with Crippen LogP contribution in [-0.4, -0.2) is 16.4 Å². The summed E-state index contributed by atoms with van der Waals surface area (Å²) in [5.74, 6) is -0.637. The van der Waals surface area contributed by atoms with Gasteiger partial charge in [0.25, 0.3) is 5.91 Å². The lowest BCUT2D eigenvalue weighted by Crippen LogP contribution is -2.29. The van der Waals surface area contributed by atoms with E-state index in [0.717, 1.165) is 22.0 Å². The molecular formula is C20H20ClN3O2. The molecule has 0 aliphatic carbocycles. The first kappa shape index (κ1) is 18.0. The molecular weight excluding hydrogens is 350 g/mol. The maximum atomic E-state index is 12.9. The zero-order valence-electron chi connectivity index (χ0n) is 14.8. The SMILES string of the molecule is Cc1c(C(=O)NC(C)c2ccc(C(N)=O)cc2)n(C)c2cc(Cl)ccc12. The number of aromatic nitrogens is 1. The van der Waals surface area contributed by atoms with Gasteiger partial charge in [0.05, 0.1) is 11.6 Å². The molecule has 0 saturated carbocycles. The van der Waals surface area contributed by atoms with Crippen molar-refractivity contribution in [1.82, 2.24) is 9.88 Å². The number of hydrogen-bond donors (Lipinski definition) is 2. The highest BCUT2D eigenvalue weighted by atomic mass is 35.5. The van der Waals surface area contributed by atoms with Gasteiger partial charge in [-0.25, -0.2) is 0 Å². The fourth-order valence-electron chi connectivity index (χ4n) is 3.21. The standard InChI is InChI=1S/C20H20ClN3O2/c1-11-16-9-8-15(21)10-17(16)24(3)18(11)20(26)23-12(2)13-4-6-14(7-5-13)19(22)25/h4-10,12H,1-3H3,(H2,22,25)(H,23,26). The highest BCUT2D eigenvalue weighted by Gasteiger charge is 2.20. The molecule has 1 atom stereocenters. The van der Waals surface area contributed by atoms with Crippen LogP contribution in [0.2, 0.25) is 5.02 Å². The van der Waals surface area contributed by atoms with Crippen LogP contribution in [0.4, 0.5) is 0 Å². The molecule has 134 valence electrons. The minimum atomic E-state index is -0.474. The maximum absolute atomic E-state index is 12.9. The molecule has 6 heteroatoms. The topological polar surface area (TPSA) is 77.1 Å². The molecule has 3 rings (SSSR count). The molecule has 2 aromatic carbocycles. The van der Waals surface area contributed by atoms with Gasteiger partial charge in [-0.2, -0.15) is 0 Å². The Balaban J connectivity index is 1.88. The summed E-state index contributed by atoms with van der Waals surface area (Å²) < 4.78 is 1.86. The Kier molecular flexibility index (Phi) is 4.74. The van der Waals surface area contributed by atoms with Crippen molar-refractivity contribution in [3.8, 4) is 0 Å². The van der Waals surface area contributed by atoms with Crippen molar-refractivity contribution in [1.29, 1.82) is 0 Å². The highest BCUT2D eigenvalue weighted by Crippen LogP contribution is 2.27. The number of nitrogens with two attached hydrogens (primary N) is 1. The Labute approximate surface area is 156 Å². The van der Waals surface area contributed by atoms with Gasteiger partial charge in [0.2, 0.25) is 5.91 Å². The highest BCUT2D eigenvalue weighted by molar-refractivity contribution is 6.31. The zero-order chi connectivity index (χ0) is 19.0. The number of halogens is 1. The molecule has 2 amide bonds. The Hall–Kier alpha value is -2.79. The maximum Gasteiger partial charge on any atom is 0.268 e. The van der Waals surface area contributed by atoms with Crippen LogP contribution in [-0.2, 0) is 7.05 Å². The fraction of sp³-hybridized carbons (Fsp3) is 0.200. The molecule has 1 aromatic heterocycles. The number of primary amides is 1. The van der Waals surface area contributed by atoms with Crippen molar-refractivity contribution < 1.29 is 9.59 Å². The summed E-state index contributed by atoms with van der Waals surface area (Å²) in [4.78, 5) is 24.0. The van der Waals surface area contributed by atoms with Crippen molar-refractivity contribution in [2.75, 3.05) is 0 Å². The fourth-order valence-corrected chi connectivity index (χ4v) is 3.37. The monoisotopic (exact) mass is 369 g/mol. The molecule has 0 saturated heterocycles. The third kappa shape index (κ3) is 3.18. The first-order valence-corrected chi connectivity index (χ1v) is 8.62.